The van der Waals surface area contributed by atoms with Gasteiger partial charge in [0.2, 0.25) is 0 Å². The second-order valence-electron chi connectivity index (χ2n) is 6.57. The van der Waals surface area contributed by atoms with E-state index < -0.39 is 0 Å². The Labute approximate surface area is 117 Å². The lowest BCUT2D eigenvalue weighted by Gasteiger charge is -2.39. The van der Waals surface area contributed by atoms with Gasteiger partial charge in [-0.1, -0.05) is 20.8 Å². The standard InChI is InChI=1S/C16H29NO2/c1-4-15-11-19-8-7-17(15)10-14-9-13(12(2)3)5-6-16(14)18/h12-15H,4-11H2,1-3H3. The van der Waals surface area contributed by atoms with Crippen molar-refractivity contribution in [2.24, 2.45) is 17.8 Å². The van der Waals surface area contributed by atoms with Crippen molar-refractivity contribution in [3.8, 4) is 0 Å². The predicted octanol–water partition coefficient (Wildman–Crippen LogP) is 2.74. The lowest BCUT2D eigenvalue weighted by atomic mass is 9.75. The van der Waals surface area contributed by atoms with Crippen molar-refractivity contribution in [1.29, 1.82) is 0 Å². The minimum atomic E-state index is 0.272. The second kappa shape index (κ2) is 6.85. The molecular formula is C16H29NO2. The predicted molar refractivity (Wildman–Crippen MR) is 77.1 cm³/mol. The Balaban J connectivity index is 1.93. The SMILES string of the molecule is CCC1COCCN1CC1CC(C(C)C)CCC1=O. The van der Waals surface area contributed by atoms with Gasteiger partial charge < -0.3 is 4.74 Å². The maximum absolute atomic E-state index is 12.2. The maximum atomic E-state index is 12.2. The summed E-state index contributed by atoms with van der Waals surface area (Å²) in [7, 11) is 0. The largest absolute Gasteiger partial charge is 0.378 e. The zero-order chi connectivity index (χ0) is 13.8. The number of hydrogen-bond donors (Lipinski definition) is 0. The third kappa shape index (κ3) is 3.79. The van der Waals surface area contributed by atoms with E-state index in [2.05, 4.69) is 25.7 Å². The van der Waals surface area contributed by atoms with E-state index in [0.717, 1.165) is 57.9 Å². The van der Waals surface area contributed by atoms with Gasteiger partial charge >= 0.3 is 0 Å². The lowest BCUT2D eigenvalue weighted by Crippen LogP contribution is -2.49. The quantitative estimate of drug-likeness (QED) is 0.784. The summed E-state index contributed by atoms with van der Waals surface area (Å²) in [4.78, 5) is 14.7. The van der Waals surface area contributed by atoms with Crippen LogP contribution in [0.5, 0.6) is 0 Å². The molecule has 2 rings (SSSR count). The van der Waals surface area contributed by atoms with Crippen LogP contribution in [0, 0.1) is 17.8 Å². The molecule has 0 bridgehead atoms. The van der Waals surface area contributed by atoms with Crippen LogP contribution < -0.4 is 0 Å². The third-order valence-corrected chi connectivity index (χ3v) is 5.02. The van der Waals surface area contributed by atoms with Gasteiger partial charge in [-0.2, -0.15) is 0 Å². The van der Waals surface area contributed by atoms with Crippen molar-refractivity contribution in [2.45, 2.75) is 52.5 Å². The van der Waals surface area contributed by atoms with Crippen LogP contribution in [0.15, 0.2) is 0 Å². The normalized spacial score (nSPS) is 33.9. The van der Waals surface area contributed by atoms with Gasteiger partial charge in [0.25, 0.3) is 0 Å². The minimum Gasteiger partial charge on any atom is -0.378 e. The molecule has 0 aromatic rings. The number of Topliss-reactive ketones (excluding diaryl/α,β-unsaturated/α-hetero) is 1. The number of ether oxygens (including phenoxy) is 1. The number of rotatable bonds is 4. The molecule has 1 aliphatic heterocycles. The van der Waals surface area contributed by atoms with Gasteiger partial charge in [-0.05, 0) is 31.1 Å². The minimum absolute atomic E-state index is 0.272. The molecule has 1 saturated carbocycles. The molecule has 2 aliphatic rings. The van der Waals surface area contributed by atoms with E-state index in [-0.39, 0.29) is 5.92 Å². The van der Waals surface area contributed by atoms with Crippen LogP contribution in [0.25, 0.3) is 0 Å². The molecule has 110 valence electrons. The Morgan fingerprint density at radius 1 is 1.42 bits per heavy atom. The molecule has 0 aromatic carbocycles. The number of ketones is 1. The van der Waals surface area contributed by atoms with Crippen LogP contribution in [0.4, 0.5) is 0 Å². The van der Waals surface area contributed by atoms with E-state index in [9.17, 15) is 4.79 Å². The number of hydrogen-bond acceptors (Lipinski definition) is 3. The molecule has 1 heterocycles. The molecule has 0 N–H and O–H groups in total. The highest BCUT2D eigenvalue weighted by atomic mass is 16.5. The van der Waals surface area contributed by atoms with E-state index in [4.69, 9.17) is 4.74 Å². The molecule has 3 nitrogen and oxygen atoms in total. The van der Waals surface area contributed by atoms with Gasteiger partial charge in [0.05, 0.1) is 13.2 Å². The van der Waals surface area contributed by atoms with Gasteiger partial charge in [0, 0.05) is 31.5 Å². The average Bonchev–Trinajstić information content (AvgIpc) is 2.41. The summed E-state index contributed by atoms with van der Waals surface area (Å²) in [5.41, 5.74) is 0. The second-order valence-corrected chi connectivity index (χ2v) is 6.57. The third-order valence-electron chi connectivity index (χ3n) is 5.02. The Morgan fingerprint density at radius 2 is 2.21 bits per heavy atom. The van der Waals surface area contributed by atoms with Crippen LogP contribution in [-0.4, -0.2) is 43.0 Å². The van der Waals surface area contributed by atoms with Crippen molar-refractivity contribution >= 4 is 5.78 Å². The highest BCUT2D eigenvalue weighted by molar-refractivity contribution is 5.82. The van der Waals surface area contributed by atoms with E-state index in [1.165, 1.54) is 0 Å². The molecule has 0 radical (unpaired) electrons. The van der Waals surface area contributed by atoms with Crippen LogP contribution in [0.3, 0.4) is 0 Å². The lowest BCUT2D eigenvalue weighted by molar-refractivity contribution is -0.127. The van der Waals surface area contributed by atoms with E-state index in [1.807, 2.05) is 0 Å². The van der Waals surface area contributed by atoms with Gasteiger partial charge in [0.1, 0.15) is 5.78 Å². The first-order valence-electron chi connectivity index (χ1n) is 7.96. The average molecular weight is 267 g/mol. The Kier molecular flexibility index (Phi) is 5.40. The summed E-state index contributed by atoms with van der Waals surface area (Å²) < 4.78 is 5.55. The highest BCUT2D eigenvalue weighted by Gasteiger charge is 2.33. The van der Waals surface area contributed by atoms with E-state index >= 15 is 0 Å². The number of morpholine rings is 1. The molecule has 3 unspecified atom stereocenters. The number of nitrogens with zero attached hydrogens (tertiary/aromatic N) is 1. The monoisotopic (exact) mass is 267 g/mol. The van der Waals surface area contributed by atoms with Crippen LogP contribution in [0.2, 0.25) is 0 Å². The van der Waals surface area contributed by atoms with Crippen molar-refractivity contribution in [3.63, 3.8) is 0 Å². The molecule has 3 heteroatoms. The fourth-order valence-electron chi connectivity index (χ4n) is 3.52. The smallest absolute Gasteiger partial charge is 0.137 e. The summed E-state index contributed by atoms with van der Waals surface area (Å²) in [6.07, 6.45) is 4.13. The summed E-state index contributed by atoms with van der Waals surface area (Å²) in [6, 6.07) is 0.515. The molecule has 0 spiro atoms. The molecule has 0 amide bonds. The van der Waals surface area contributed by atoms with Gasteiger partial charge in [-0.25, -0.2) is 0 Å². The van der Waals surface area contributed by atoms with Crippen LogP contribution >= 0.6 is 0 Å². The Morgan fingerprint density at radius 3 is 2.89 bits per heavy atom. The molecule has 0 aromatic heterocycles. The van der Waals surface area contributed by atoms with Crippen molar-refractivity contribution in [3.05, 3.63) is 0 Å². The highest BCUT2D eigenvalue weighted by Crippen LogP contribution is 2.32. The fraction of sp³-hybridized carbons (Fsp3) is 0.938. The molecule has 19 heavy (non-hydrogen) atoms. The molecule has 1 saturated heterocycles. The summed E-state index contributed by atoms with van der Waals surface area (Å²) in [5.74, 6) is 2.22. The molecular weight excluding hydrogens is 238 g/mol. The zero-order valence-electron chi connectivity index (χ0n) is 12.7. The van der Waals surface area contributed by atoms with Crippen molar-refractivity contribution < 1.29 is 9.53 Å². The first-order valence-corrected chi connectivity index (χ1v) is 7.96. The summed E-state index contributed by atoms with van der Waals surface area (Å²) in [6.45, 7) is 10.4. The van der Waals surface area contributed by atoms with Gasteiger partial charge in [-0.3, -0.25) is 9.69 Å². The van der Waals surface area contributed by atoms with E-state index in [1.54, 1.807) is 0 Å². The van der Waals surface area contributed by atoms with Gasteiger partial charge in [0.15, 0.2) is 0 Å². The topological polar surface area (TPSA) is 29.5 Å². The Bertz CT molecular complexity index is 303. The molecule has 3 atom stereocenters. The number of carbonyl (C=O) groups is 1. The Hall–Kier alpha value is -0.410. The van der Waals surface area contributed by atoms with Crippen molar-refractivity contribution in [1.82, 2.24) is 4.90 Å². The van der Waals surface area contributed by atoms with E-state index in [0.29, 0.717) is 17.7 Å². The van der Waals surface area contributed by atoms with Crippen molar-refractivity contribution in [2.75, 3.05) is 26.3 Å². The first-order chi connectivity index (χ1) is 9.11. The zero-order valence-corrected chi connectivity index (χ0v) is 12.7. The summed E-state index contributed by atoms with van der Waals surface area (Å²) in [5, 5.41) is 0. The van der Waals surface area contributed by atoms with Gasteiger partial charge in [-0.15, -0.1) is 0 Å². The summed E-state index contributed by atoms with van der Waals surface area (Å²) >= 11 is 0. The van der Waals surface area contributed by atoms with Crippen LogP contribution in [-0.2, 0) is 9.53 Å². The number of carbonyl (C=O) groups excluding carboxylic acids is 1. The molecule has 2 fully saturated rings. The maximum Gasteiger partial charge on any atom is 0.137 e. The molecule has 1 aliphatic carbocycles. The first kappa shape index (κ1) is 15.0. The fourth-order valence-corrected chi connectivity index (χ4v) is 3.52. The van der Waals surface area contributed by atoms with Crippen LogP contribution in [0.1, 0.15) is 46.5 Å².